The first-order valence-corrected chi connectivity index (χ1v) is 8.16. The van der Waals surface area contributed by atoms with Gasteiger partial charge >= 0.3 is 0 Å². The fourth-order valence-corrected chi connectivity index (χ4v) is 3.83. The second-order valence-electron chi connectivity index (χ2n) is 5.19. The highest BCUT2D eigenvalue weighted by atomic mass is 32.1. The molecule has 0 spiro atoms. The van der Waals surface area contributed by atoms with Gasteiger partial charge in [0.25, 0.3) is 0 Å². The Morgan fingerprint density at radius 2 is 2.35 bits per heavy atom. The summed E-state index contributed by atoms with van der Waals surface area (Å²) in [7, 11) is 2.02. The van der Waals surface area contributed by atoms with Crippen LogP contribution in [0.4, 0.5) is 5.69 Å². The summed E-state index contributed by atoms with van der Waals surface area (Å²) in [6.45, 7) is 2.17. The lowest BCUT2D eigenvalue weighted by Crippen LogP contribution is -2.35. The highest BCUT2D eigenvalue weighted by Gasteiger charge is 2.26. The second kappa shape index (κ2) is 6.37. The molecule has 3 rings (SSSR count). The molecular weight excluding hydrogens is 266 g/mol. The number of hydrogen-bond donors (Lipinski definition) is 1. The van der Waals surface area contributed by atoms with Gasteiger partial charge in [-0.15, -0.1) is 11.3 Å². The molecule has 0 saturated heterocycles. The Bertz CT molecular complexity index is 538. The SMILES string of the molecule is CNCCC(c1cccs1)N1CCCc2ncccc21. The molecule has 0 aliphatic carbocycles. The monoisotopic (exact) mass is 287 g/mol. The van der Waals surface area contributed by atoms with Crippen LogP contribution in [0.1, 0.15) is 29.5 Å². The summed E-state index contributed by atoms with van der Waals surface area (Å²) in [5.74, 6) is 0. The number of rotatable bonds is 5. The Labute approximate surface area is 124 Å². The summed E-state index contributed by atoms with van der Waals surface area (Å²) in [6, 6.07) is 9.16. The zero-order chi connectivity index (χ0) is 13.8. The van der Waals surface area contributed by atoms with Gasteiger partial charge in [0.1, 0.15) is 0 Å². The van der Waals surface area contributed by atoms with Gasteiger partial charge in [0.05, 0.1) is 17.4 Å². The van der Waals surface area contributed by atoms with E-state index in [2.05, 4.69) is 44.8 Å². The molecule has 0 saturated carbocycles. The van der Waals surface area contributed by atoms with Crippen LogP contribution in [-0.4, -0.2) is 25.1 Å². The van der Waals surface area contributed by atoms with Crippen LogP contribution in [0.25, 0.3) is 0 Å². The van der Waals surface area contributed by atoms with Gasteiger partial charge in [0.2, 0.25) is 0 Å². The molecule has 0 fully saturated rings. The molecule has 0 amide bonds. The smallest absolute Gasteiger partial charge is 0.0647 e. The van der Waals surface area contributed by atoms with E-state index in [1.807, 2.05) is 24.6 Å². The first kappa shape index (κ1) is 13.6. The summed E-state index contributed by atoms with van der Waals surface area (Å²) in [5.41, 5.74) is 2.58. The van der Waals surface area contributed by atoms with Crippen molar-refractivity contribution in [2.75, 3.05) is 25.0 Å². The summed E-state index contributed by atoms with van der Waals surface area (Å²) in [6.07, 6.45) is 5.35. The molecule has 106 valence electrons. The zero-order valence-corrected chi connectivity index (χ0v) is 12.7. The molecule has 1 unspecified atom stereocenters. The fraction of sp³-hybridized carbons (Fsp3) is 0.438. The van der Waals surface area contributed by atoms with E-state index in [4.69, 9.17) is 0 Å². The van der Waals surface area contributed by atoms with Gasteiger partial charge in [0, 0.05) is 17.6 Å². The topological polar surface area (TPSA) is 28.2 Å². The van der Waals surface area contributed by atoms with Crippen LogP contribution in [0.2, 0.25) is 0 Å². The van der Waals surface area contributed by atoms with Crippen molar-refractivity contribution < 1.29 is 0 Å². The summed E-state index contributed by atoms with van der Waals surface area (Å²) < 4.78 is 0. The van der Waals surface area contributed by atoms with Crippen molar-refractivity contribution in [3.05, 3.63) is 46.4 Å². The van der Waals surface area contributed by atoms with Gasteiger partial charge in [-0.3, -0.25) is 4.98 Å². The number of aromatic nitrogens is 1. The van der Waals surface area contributed by atoms with Gasteiger partial charge in [-0.05, 0) is 56.4 Å². The lowest BCUT2D eigenvalue weighted by atomic mass is 10.0. The molecule has 2 aromatic rings. The molecule has 1 N–H and O–H groups in total. The summed E-state index contributed by atoms with van der Waals surface area (Å²) in [4.78, 5) is 8.57. The molecule has 0 aromatic carbocycles. The van der Waals surface area contributed by atoms with Crippen LogP contribution < -0.4 is 10.2 Å². The van der Waals surface area contributed by atoms with Crippen LogP contribution in [0.5, 0.6) is 0 Å². The maximum absolute atomic E-state index is 4.56. The van der Waals surface area contributed by atoms with Crippen LogP contribution in [0, 0.1) is 0 Å². The fourth-order valence-electron chi connectivity index (χ4n) is 2.96. The normalized spacial score (nSPS) is 15.9. The molecule has 20 heavy (non-hydrogen) atoms. The van der Waals surface area contributed by atoms with E-state index in [1.54, 1.807) is 0 Å². The van der Waals surface area contributed by atoms with Crippen molar-refractivity contribution >= 4 is 17.0 Å². The maximum atomic E-state index is 4.56. The number of nitrogens with zero attached hydrogens (tertiary/aromatic N) is 2. The lowest BCUT2D eigenvalue weighted by molar-refractivity contribution is 0.537. The van der Waals surface area contributed by atoms with Gasteiger partial charge < -0.3 is 10.2 Å². The van der Waals surface area contributed by atoms with E-state index < -0.39 is 0 Å². The van der Waals surface area contributed by atoms with Gasteiger partial charge in [-0.2, -0.15) is 0 Å². The van der Waals surface area contributed by atoms with Gasteiger partial charge in [0.15, 0.2) is 0 Å². The minimum Gasteiger partial charge on any atom is -0.362 e. The number of aryl methyl sites for hydroxylation is 1. The van der Waals surface area contributed by atoms with Crippen LogP contribution in [-0.2, 0) is 6.42 Å². The first-order valence-electron chi connectivity index (χ1n) is 7.28. The molecule has 0 radical (unpaired) electrons. The van der Waals surface area contributed by atoms with Crippen molar-refractivity contribution in [2.45, 2.75) is 25.3 Å². The number of fused-ring (bicyclic) bond motifs is 1. The van der Waals surface area contributed by atoms with E-state index in [-0.39, 0.29) is 0 Å². The van der Waals surface area contributed by atoms with Crippen molar-refractivity contribution in [3.63, 3.8) is 0 Å². The number of anilines is 1. The number of pyridine rings is 1. The quantitative estimate of drug-likeness (QED) is 0.915. The predicted octanol–water partition coefficient (Wildman–Crippen LogP) is 3.25. The Kier molecular flexibility index (Phi) is 4.33. The van der Waals surface area contributed by atoms with Crippen molar-refractivity contribution in [1.29, 1.82) is 0 Å². The lowest BCUT2D eigenvalue weighted by Gasteiger charge is -2.37. The van der Waals surface area contributed by atoms with E-state index in [0.717, 1.165) is 25.9 Å². The molecule has 0 bridgehead atoms. The van der Waals surface area contributed by atoms with Gasteiger partial charge in [-0.1, -0.05) is 6.07 Å². The minimum atomic E-state index is 0.464. The Hall–Kier alpha value is -1.39. The molecule has 1 atom stereocenters. The number of thiophene rings is 1. The summed E-state index contributed by atoms with van der Waals surface area (Å²) >= 11 is 1.86. The van der Waals surface area contributed by atoms with Crippen LogP contribution in [0.3, 0.4) is 0 Å². The predicted molar refractivity (Wildman–Crippen MR) is 85.5 cm³/mol. The Balaban J connectivity index is 1.92. The third kappa shape index (κ3) is 2.72. The Morgan fingerprint density at radius 1 is 1.40 bits per heavy atom. The first-order chi connectivity index (χ1) is 9.90. The maximum Gasteiger partial charge on any atom is 0.0647 e. The Morgan fingerprint density at radius 3 is 3.15 bits per heavy atom. The molecule has 4 heteroatoms. The number of hydrogen-bond acceptors (Lipinski definition) is 4. The second-order valence-corrected chi connectivity index (χ2v) is 6.17. The minimum absolute atomic E-state index is 0.464. The van der Waals surface area contributed by atoms with Crippen molar-refractivity contribution in [3.8, 4) is 0 Å². The third-order valence-corrected chi connectivity index (χ3v) is 4.88. The van der Waals surface area contributed by atoms with E-state index in [0.29, 0.717) is 6.04 Å². The van der Waals surface area contributed by atoms with E-state index >= 15 is 0 Å². The highest BCUT2D eigenvalue weighted by molar-refractivity contribution is 7.10. The van der Waals surface area contributed by atoms with E-state index in [9.17, 15) is 0 Å². The van der Waals surface area contributed by atoms with Crippen molar-refractivity contribution in [2.24, 2.45) is 0 Å². The largest absolute Gasteiger partial charge is 0.362 e. The van der Waals surface area contributed by atoms with Crippen LogP contribution in [0.15, 0.2) is 35.8 Å². The van der Waals surface area contributed by atoms with E-state index in [1.165, 1.54) is 22.7 Å². The average Bonchev–Trinajstić information content (AvgIpc) is 3.02. The molecular formula is C16H21N3S. The molecule has 3 heterocycles. The van der Waals surface area contributed by atoms with Crippen molar-refractivity contribution in [1.82, 2.24) is 10.3 Å². The molecule has 2 aromatic heterocycles. The number of nitrogens with one attached hydrogen (secondary N) is 1. The molecule has 1 aliphatic rings. The third-order valence-electron chi connectivity index (χ3n) is 3.90. The van der Waals surface area contributed by atoms with Crippen LogP contribution >= 0.6 is 11.3 Å². The summed E-state index contributed by atoms with van der Waals surface area (Å²) in [5, 5.41) is 5.46. The average molecular weight is 287 g/mol. The molecule has 3 nitrogen and oxygen atoms in total. The standard InChI is InChI=1S/C16H21N3S/c1-17-10-8-15(16-7-4-12-20-16)19-11-3-5-13-14(19)6-2-9-18-13/h2,4,6-7,9,12,15,17H,3,5,8,10-11H2,1H3. The zero-order valence-electron chi connectivity index (χ0n) is 11.9. The molecule has 1 aliphatic heterocycles. The van der Waals surface area contributed by atoms with Gasteiger partial charge in [-0.25, -0.2) is 0 Å². The highest BCUT2D eigenvalue weighted by Crippen LogP contribution is 2.36.